The summed E-state index contributed by atoms with van der Waals surface area (Å²) in [5.74, 6) is 1.59. The zero-order valence-electron chi connectivity index (χ0n) is 17.0. The molecule has 6 rings (SSSR count). The minimum atomic E-state index is -3.79. The van der Waals surface area contributed by atoms with Crippen LogP contribution >= 0.6 is 11.3 Å². The average molecular weight is 465 g/mol. The Morgan fingerprint density at radius 2 is 1.68 bits per heavy atom. The van der Waals surface area contributed by atoms with Crippen LogP contribution in [0.4, 0.5) is 9.52 Å². The molecule has 0 atom stereocenters. The molecule has 31 heavy (non-hydrogen) atoms. The van der Waals surface area contributed by atoms with E-state index in [-0.39, 0.29) is 29.2 Å². The van der Waals surface area contributed by atoms with Crippen LogP contribution in [0.2, 0.25) is 0 Å². The second-order valence-electron chi connectivity index (χ2n) is 9.26. The number of aromatic nitrogens is 2. The van der Waals surface area contributed by atoms with Crippen LogP contribution in [0.25, 0.3) is 0 Å². The zero-order valence-corrected chi connectivity index (χ0v) is 18.6. The molecule has 7 nitrogen and oxygen atoms in total. The standard InChI is InChI=1S/C21H25FN4O3S2/c22-16-1-3-17(4-2-16)31(28,29)23-6-5-18(27)24-20-26-25-19(30-20)21-10-13-7-14(11-21)9-15(8-13)12-21/h1-4,13-15,23H,5-12H2,(H,24,26,27). The number of nitrogens with one attached hydrogen (secondary N) is 2. The summed E-state index contributed by atoms with van der Waals surface area (Å²) in [6.45, 7) is -0.0633. The van der Waals surface area contributed by atoms with E-state index in [4.69, 9.17) is 0 Å². The van der Waals surface area contributed by atoms with Gasteiger partial charge in [-0.1, -0.05) is 11.3 Å². The lowest BCUT2D eigenvalue weighted by molar-refractivity contribution is -0.116. The van der Waals surface area contributed by atoms with Gasteiger partial charge in [0.15, 0.2) is 0 Å². The van der Waals surface area contributed by atoms with E-state index >= 15 is 0 Å². The van der Waals surface area contributed by atoms with Crippen LogP contribution in [0.15, 0.2) is 29.2 Å². The summed E-state index contributed by atoms with van der Waals surface area (Å²) in [6.07, 6.45) is 7.60. The van der Waals surface area contributed by atoms with Crippen LogP contribution < -0.4 is 10.0 Å². The van der Waals surface area contributed by atoms with Gasteiger partial charge in [0.05, 0.1) is 4.90 Å². The molecule has 2 aromatic rings. The van der Waals surface area contributed by atoms with E-state index in [1.807, 2.05) is 0 Å². The van der Waals surface area contributed by atoms with Crippen molar-refractivity contribution in [3.05, 3.63) is 35.1 Å². The molecule has 4 bridgehead atoms. The van der Waals surface area contributed by atoms with Crippen LogP contribution in [0.1, 0.15) is 50.0 Å². The Balaban J connectivity index is 1.16. The molecule has 0 saturated heterocycles. The van der Waals surface area contributed by atoms with Crippen molar-refractivity contribution in [1.82, 2.24) is 14.9 Å². The predicted octanol–water partition coefficient (Wildman–Crippen LogP) is 3.45. The third-order valence-electron chi connectivity index (χ3n) is 6.93. The van der Waals surface area contributed by atoms with Gasteiger partial charge in [-0.2, -0.15) is 0 Å². The number of rotatable bonds is 7. The van der Waals surface area contributed by atoms with Crippen molar-refractivity contribution in [1.29, 1.82) is 0 Å². The van der Waals surface area contributed by atoms with Crippen molar-refractivity contribution in [3.8, 4) is 0 Å². The van der Waals surface area contributed by atoms with Gasteiger partial charge in [-0.25, -0.2) is 17.5 Å². The summed E-state index contributed by atoms with van der Waals surface area (Å²) in [6, 6.07) is 4.53. The van der Waals surface area contributed by atoms with E-state index in [0.29, 0.717) is 5.13 Å². The molecule has 1 amide bonds. The van der Waals surface area contributed by atoms with E-state index in [1.54, 1.807) is 0 Å². The molecule has 0 aliphatic heterocycles. The molecule has 10 heteroatoms. The van der Waals surface area contributed by atoms with Gasteiger partial charge >= 0.3 is 0 Å². The highest BCUT2D eigenvalue weighted by molar-refractivity contribution is 7.89. The number of hydrogen-bond acceptors (Lipinski definition) is 6. The van der Waals surface area contributed by atoms with Crippen LogP contribution in [0.5, 0.6) is 0 Å². The number of anilines is 1. The lowest BCUT2D eigenvalue weighted by Crippen LogP contribution is -2.48. The number of carbonyl (C=O) groups is 1. The van der Waals surface area contributed by atoms with E-state index in [0.717, 1.165) is 34.9 Å². The maximum absolute atomic E-state index is 13.0. The molecule has 1 aromatic carbocycles. The molecule has 4 saturated carbocycles. The fourth-order valence-corrected chi connectivity index (χ4v) is 8.05. The van der Waals surface area contributed by atoms with Crippen LogP contribution in [-0.2, 0) is 20.2 Å². The Kier molecular flexibility index (Phi) is 5.34. The largest absolute Gasteiger partial charge is 0.300 e. The van der Waals surface area contributed by atoms with Gasteiger partial charge in [0, 0.05) is 18.4 Å². The second kappa shape index (κ2) is 7.90. The van der Waals surface area contributed by atoms with E-state index in [9.17, 15) is 17.6 Å². The van der Waals surface area contributed by atoms with Crippen molar-refractivity contribution in [3.63, 3.8) is 0 Å². The van der Waals surface area contributed by atoms with Gasteiger partial charge in [0.2, 0.25) is 21.1 Å². The number of sulfonamides is 1. The number of carbonyl (C=O) groups excluding carboxylic acids is 1. The molecule has 2 N–H and O–H groups in total. The van der Waals surface area contributed by atoms with Gasteiger partial charge < -0.3 is 5.32 Å². The van der Waals surface area contributed by atoms with Crippen LogP contribution in [0, 0.1) is 23.6 Å². The number of hydrogen-bond donors (Lipinski definition) is 2. The van der Waals surface area contributed by atoms with Gasteiger partial charge in [-0.3, -0.25) is 4.79 Å². The fraction of sp³-hybridized carbons (Fsp3) is 0.571. The Morgan fingerprint density at radius 3 is 2.29 bits per heavy atom. The first kappa shape index (κ1) is 21.0. The molecule has 0 radical (unpaired) electrons. The number of nitrogens with zero attached hydrogens (tertiary/aromatic N) is 2. The maximum atomic E-state index is 13.0. The average Bonchev–Trinajstić information content (AvgIpc) is 3.16. The first-order valence-electron chi connectivity index (χ1n) is 10.7. The molecule has 1 heterocycles. The Hall–Kier alpha value is -1.91. The second-order valence-corrected chi connectivity index (χ2v) is 12.0. The quantitative estimate of drug-likeness (QED) is 0.654. The molecule has 4 fully saturated rings. The SMILES string of the molecule is O=C(CCNS(=O)(=O)c1ccc(F)cc1)Nc1nnc(C23CC4CC(CC(C4)C2)C3)s1. The molecule has 0 unspecified atom stereocenters. The van der Waals surface area contributed by atoms with Crippen molar-refractivity contribution in [2.24, 2.45) is 17.8 Å². The zero-order chi connectivity index (χ0) is 21.6. The molecular formula is C21H25FN4O3S2. The number of benzene rings is 1. The molecule has 4 aliphatic carbocycles. The molecule has 1 aromatic heterocycles. The summed E-state index contributed by atoms with van der Waals surface area (Å²) >= 11 is 1.46. The number of amides is 1. The number of halogens is 1. The smallest absolute Gasteiger partial charge is 0.240 e. The lowest BCUT2D eigenvalue weighted by atomic mass is 9.50. The van der Waals surface area contributed by atoms with Crippen LogP contribution in [-0.4, -0.2) is 31.1 Å². The van der Waals surface area contributed by atoms with Crippen molar-refractivity contribution in [2.45, 2.75) is 55.3 Å². The van der Waals surface area contributed by atoms with E-state index in [2.05, 4.69) is 20.2 Å². The molecule has 0 spiro atoms. The first-order chi connectivity index (χ1) is 14.8. The van der Waals surface area contributed by atoms with Gasteiger partial charge in [-0.05, 0) is 80.5 Å². The summed E-state index contributed by atoms with van der Waals surface area (Å²) in [4.78, 5) is 12.2. The fourth-order valence-electron chi connectivity index (χ4n) is 6.04. The summed E-state index contributed by atoms with van der Waals surface area (Å²) in [7, 11) is -3.79. The van der Waals surface area contributed by atoms with Crippen molar-refractivity contribution >= 4 is 32.4 Å². The van der Waals surface area contributed by atoms with E-state index < -0.39 is 15.8 Å². The third kappa shape index (κ3) is 4.25. The first-order valence-corrected chi connectivity index (χ1v) is 13.0. The molecule has 4 aliphatic rings. The monoisotopic (exact) mass is 464 g/mol. The summed E-state index contributed by atoms with van der Waals surface area (Å²) < 4.78 is 39.7. The predicted molar refractivity (Wildman–Crippen MR) is 115 cm³/mol. The van der Waals surface area contributed by atoms with Crippen LogP contribution in [0.3, 0.4) is 0 Å². The Morgan fingerprint density at radius 1 is 1.06 bits per heavy atom. The van der Waals surface area contributed by atoms with Crippen molar-refractivity contribution in [2.75, 3.05) is 11.9 Å². The molecule has 166 valence electrons. The van der Waals surface area contributed by atoms with Gasteiger partial charge in [0.25, 0.3) is 0 Å². The highest BCUT2D eigenvalue weighted by atomic mass is 32.2. The van der Waals surface area contributed by atoms with Gasteiger partial charge in [-0.15, -0.1) is 10.2 Å². The highest BCUT2D eigenvalue weighted by Gasteiger charge is 2.53. The van der Waals surface area contributed by atoms with Gasteiger partial charge in [0.1, 0.15) is 10.8 Å². The lowest BCUT2D eigenvalue weighted by Gasteiger charge is -2.55. The minimum absolute atomic E-state index is 0.0350. The highest BCUT2D eigenvalue weighted by Crippen LogP contribution is 2.61. The normalized spacial score (nSPS) is 29.3. The Bertz CT molecular complexity index is 1050. The molecular weight excluding hydrogens is 439 g/mol. The third-order valence-corrected chi connectivity index (χ3v) is 9.49. The van der Waals surface area contributed by atoms with E-state index in [1.165, 1.54) is 62.0 Å². The van der Waals surface area contributed by atoms with Crippen molar-refractivity contribution < 1.29 is 17.6 Å². The summed E-state index contributed by atoms with van der Waals surface area (Å²) in [5.41, 5.74) is 0.139. The summed E-state index contributed by atoms with van der Waals surface area (Å²) in [5, 5.41) is 12.9. The Labute approximate surface area is 184 Å². The topological polar surface area (TPSA) is 101 Å². The minimum Gasteiger partial charge on any atom is -0.300 e. The maximum Gasteiger partial charge on any atom is 0.240 e.